The Morgan fingerprint density at radius 1 is 1.45 bits per heavy atom. The monoisotopic (exact) mass is 339 g/mol. The molecular weight excluding hydrogens is 321 g/mol. The second kappa shape index (κ2) is 9.31. The second-order valence-electron chi connectivity index (χ2n) is 4.26. The van der Waals surface area contributed by atoms with Crippen molar-refractivity contribution in [3.05, 3.63) is 39.8 Å². The maximum absolute atomic E-state index is 10.7. The number of hydrogen-bond donors (Lipinski definition) is 1. The molecule has 1 aliphatic heterocycles. The third-order valence-corrected chi connectivity index (χ3v) is 4.24. The Kier molecular flexibility index (Phi) is 9.00. The van der Waals surface area contributed by atoms with Crippen LogP contribution in [0.2, 0.25) is 0 Å². The van der Waals surface area contributed by atoms with Gasteiger partial charge in [0.05, 0.1) is 4.92 Å². The zero-order valence-corrected chi connectivity index (χ0v) is 13.4. The van der Waals surface area contributed by atoms with Gasteiger partial charge in [0.1, 0.15) is 0 Å². The largest absolute Gasteiger partial charge is 0.324 e. The van der Waals surface area contributed by atoms with E-state index in [-0.39, 0.29) is 40.8 Å². The Labute approximate surface area is 135 Å². The van der Waals surface area contributed by atoms with Crippen LogP contribution in [0.25, 0.3) is 0 Å². The first kappa shape index (κ1) is 19.3. The lowest BCUT2D eigenvalue weighted by Gasteiger charge is -2.33. The number of piperazine rings is 1. The zero-order chi connectivity index (χ0) is 13.0. The molecule has 0 aliphatic carbocycles. The van der Waals surface area contributed by atoms with Gasteiger partial charge in [-0.25, -0.2) is 0 Å². The van der Waals surface area contributed by atoms with Crippen molar-refractivity contribution in [1.29, 1.82) is 0 Å². The molecular formula is C12H19Cl2N3O2S. The number of nitrogens with one attached hydrogen (secondary N) is 1. The molecule has 8 heteroatoms. The third-order valence-electron chi connectivity index (χ3n) is 3.10. The van der Waals surface area contributed by atoms with Crippen molar-refractivity contribution >= 4 is 41.2 Å². The van der Waals surface area contributed by atoms with Gasteiger partial charge in [-0.3, -0.25) is 15.0 Å². The molecule has 0 amide bonds. The summed E-state index contributed by atoms with van der Waals surface area (Å²) in [6.45, 7) is 7.69. The first-order chi connectivity index (χ1) is 8.72. The van der Waals surface area contributed by atoms with Crippen molar-refractivity contribution in [2.24, 2.45) is 0 Å². The van der Waals surface area contributed by atoms with Gasteiger partial charge in [-0.1, -0.05) is 17.4 Å². The minimum absolute atomic E-state index is 0. The summed E-state index contributed by atoms with van der Waals surface area (Å²) < 4.78 is 0. The highest BCUT2D eigenvalue weighted by Crippen LogP contribution is 2.34. The van der Waals surface area contributed by atoms with E-state index in [0.29, 0.717) is 0 Å². The molecule has 1 saturated heterocycles. The van der Waals surface area contributed by atoms with E-state index in [0.717, 1.165) is 37.5 Å². The molecule has 0 saturated carbocycles. The van der Waals surface area contributed by atoms with E-state index in [9.17, 15) is 10.1 Å². The van der Waals surface area contributed by atoms with E-state index in [1.807, 2.05) is 12.1 Å². The van der Waals surface area contributed by atoms with Crippen LogP contribution >= 0.6 is 36.2 Å². The molecule has 1 aromatic heterocycles. The highest BCUT2D eigenvalue weighted by Gasteiger charge is 2.24. The standard InChI is InChI=1S/C12H17N3O2S.2ClH/c1-2-3-10(14-8-6-13-7-9-14)11-4-5-12(18-11)15(16)17;;/h2,4-5,10,13H,1,3,6-9H2;2*1H/t10-;;/m0../s1. The van der Waals surface area contributed by atoms with Gasteiger partial charge in [-0.05, 0) is 12.5 Å². The van der Waals surface area contributed by atoms with Gasteiger partial charge in [0.15, 0.2) is 0 Å². The number of nitro groups is 1. The molecule has 5 nitrogen and oxygen atoms in total. The summed E-state index contributed by atoms with van der Waals surface area (Å²) in [4.78, 5) is 13.8. The van der Waals surface area contributed by atoms with Crippen LogP contribution in [0.1, 0.15) is 17.3 Å². The Balaban J connectivity index is 0.00000180. The van der Waals surface area contributed by atoms with Gasteiger partial charge < -0.3 is 5.32 Å². The quantitative estimate of drug-likeness (QED) is 0.509. The maximum Gasteiger partial charge on any atom is 0.324 e. The molecule has 2 rings (SSSR count). The fraction of sp³-hybridized carbons (Fsp3) is 0.500. The maximum atomic E-state index is 10.7. The van der Waals surface area contributed by atoms with Gasteiger partial charge in [0.2, 0.25) is 0 Å². The summed E-state index contributed by atoms with van der Waals surface area (Å²) in [6.07, 6.45) is 2.72. The van der Waals surface area contributed by atoms with E-state index >= 15 is 0 Å². The lowest BCUT2D eigenvalue weighted by Crippen LogP contribution is -2.44. The minimum atomic E-state index is -0.323. The number of nitrogens with zero attached hydrogens (tertiary/aromatic N) is 2. The van der Waals surface area contributed by atoms with Gasteiger partial charge in [-0.15, -0.1) is 31.4 Å². The second-order valence-corrected chi connectivity index (χ2v) is 5.35. The van der Waals surface area contributed by atoms with Crippen molar-refractivity contribution in [3.63, 3.8) is 0 Å². The molecule has 1 aliphatic rings. The van der Waals surface area contributed by atoms with E-state index in [1.165, 1.54) is 11.3 Å². The van der Waals surface area contributed by atoms with E-state index < -0.39 is 0 Å². The van der Waals surface area contributed by atoms with Crippen molar-refractivity contribution < 1.29 is 4.92 Å². The van der Waals surface area contributed by atoms with Gasteiger partial charge in [0, 0.05) is 43.2 Å². The Hall–Kier alpha value is -0.660. The van der Waals surface area contributed by atoms with E-state index in [4.69, 9.17) is 0 Å². The molecule has 1 aromatic rings. The van der Waals surface area contributed by atoms with Crippen LogP contribution in [-0.2, 0) is 0 Å². The van der Waals surface area contributed by atoms with Crippen LogP contribution in [-0.4, -0.2) is 36.0 Å². The Bertz CT molecular complexity index is 436. The van der Waals surface area contributed by atoms with Crippen molar-refractivity contribution in [3.8, 4) is 0 Å². The number of halogens is 2. The van der Waals surface area contributed by atoms with Crippen LogP contribution in [0.4, 0.5) is 5.00 Å². The zero-order valence-electron chi connectivity index (χ0n) is 11.0. The third kappa shape index (κ3) is 4.71. The average Bonchev–Trinajstić information content (AvgIpc) is 2.86. The van der Waals surface area contributed by atoms with Crippen LogP contribution in [0.15, 0.2) is 24.8 Å². The predicted molar refractivity (Wildman–Crippen MR) is 87.5 cm³/mol. The van der Waals surface area contributed by atoms with Crippen LogP contribution in [0.3, 0.4) is 0 Å². The van der Waals surface area contributed by atoms with Crippen molar-refractivity contribution in [2.45, 2.75) is 12.5 Å². The SMILES string of the molecule is C=CC[C@@H](c1ccc([N+](=O)[O-])s1)N1CCNCC1.Cl.Cl. The molecule has 1 atom stereocenters. The first-order valence-corrected chi connectivity index (χ1v) is 6.84. The summed E-state index contributed by atoms with van der Waals surface area (Å²) in [6, 6.07) is 3.69. The van der Waals surface area contributed by atoms with Crippen molar-refractivity contribution in [1.82, 2.24) is 10.2 Å². The summed E-state index contributed by atoms with van der Waals surface area (Å²) in [5.41, 5.74) is 0. The molecule has 0 unspecified atom stereocenters. The van der Waals surface area contributed by atoms with Crippen LogP contribution < -0.4 is 5.32 Å². The molecule has 2 heterocycles. The average molecular weight is 340 g/mol. The summed E-state index contributed by atoms with van der Waals surface area (Å²) in [5, 5.41) is 14.3. The highest BCUT2D eigenvalue weighted by atomic mass is 35.5. The smallest absolute Gasteiger partial charge is 0.314 e. The Morgan fingerprint density at radius 3 is 2.60 bits per heavy atom. The van der Waals surface area contributed by atoms with Crippen LogP contribution in [0.5, 0.6) is 0 Å². The highest BCUT2D eigenvalue weighted by molar-refractivity contribution is 7.15. The fourth-order valence-electron chi connectivity index (χ4n) is 2.22. The summed E-state index contributed by atoms with van der Waals surface area (Å²) in [5.74, 6) is 0. The normalized spacial score (nSPS) is 16.6. The molecule has 0 radical (unpaired) electrons. The van der Waals surface area contributed by atoms with Gasteiger partial charge in [0.25, 0.3) is 0 Å². The van der Waals surface area contributed by atoms with E-state index in [2.05, 4.69) is 16.8 Å². The Morgan fingerprint density at radius 2 is 2.10 bits per heavy atom. The number of hydrogen-bond acceptors (Lipinski definition) is 5. The molecule has 0 bridgehead atoms. The summed E-state index contributed by atoms with van der Waals surface area (Å²) in [7, 11) is 0. The molecule has 0 aromatic carbocycles. The molecule has 0 spiro atoms. The lowest BCUT2D eigenvalue weighted by molar-refractivity contribution is -0.380. The minimum Gasteiger partial charge on any atom is -0.314 e. The van der Waals surface area contributed by atoms with Gasteiger partial charge in [-0.2, -0.15) is 0 Å². The molecule has 114 valence electrons. The number of rotatable bonds is 5. The lowest BCUT2D eigenvalue weighted by atomic mass is 10.1. The first-order valence-electron chi connectivity index (χ1n) is 6.02. The van der Waals surface area contributed by atoms with Crippen molar-refractivity contribution in [2.75, 3.05) is 26.2 Å². The van der Waals surface area contributed by atoms with E-state index in [1.54, 1.807) is 6.07 Å². The fourth-order valence-corrected chi connectivity index (χ4v) is 3.19. The molecule has 20 heavy (non-hydrogen) atoms. The topological polar surface area (TPSA) is 58.4 Å². The molecule has 1 N–H and O–H groups in total. The van der Waals surface area contributed by atoms with Gasteiger partial charge >= 0.3 is 5.00 Å². The molecule has 1 fully saturated rings. The summed E-state index contributed by atoms with van der Waals surface area (Å²) >= 11 is 1.27. The van der Waals surface area contributed by atoms with Crippen LogP contribution in [0, 0.1) is 10.1 Å². The predicted octanol–water partition coefficient (Wildman–Crippen LogP) is 3.02. The number of thiophene rings is 1.